The van der Waals surface area contributed by atoms with Gasteiger partial charge in [0.05, 0.1) is 25.5 Å². The van der Waals surface area contributed by atoms with Crippen molar-refractivity contribution in [2.75, 3.05) is 19.0 Å². The number of rotatable bonds is 4. The molecule has 1 aromatic carbocycles. The number of hydrogen-bond donors (Lipinski definition) is 3. The predicted octanol–water partition coefficient (Wildman–Crippen LogP) is 3.57. The van der Waals surface area contributed by atoms with Gasteiger partial charge in [0.1, 0.15) is 4.90 Å². The summed E-state index contributed by atoms with van der Waals surface area (Å²) in [5.41, 5.74) is 5.25. The molecule has 0 bridgehead atoms. The highest BCUT2D eigenvalue weighted by Crippen LogP contribution is 2.43. The van der Waals surface area contributed by atoms with Crippen LogP contribution in [0.4, 0.5) is 10.5 Å². The Balaban J connectivity index is 1.40. The molecule has 0 fully saturated rings. The third-order valence-corrected chi connectivity index (χ3v) is 7.92. The second kappa shape index (κ2) is 7.48. The lowest BCUT2D eigenvalue weighted by Crippen LogP contribution is -2.36. The van der Waals surface area contributed by atoms with E-state index in [1.165, 1.54) is 11.8 Å². The summed E-state index contributed by atoms with van der Waals surface area (Å²) < 4.78 is 36.9. The maximum Gasteiger partial charge on any atom is 0.331 e. The average Bonchev–Trinajstić information content (AvgIpc) is 3.43. The van der Waals surface area contributed by atoms with E-state index < -0.39 is 15.9 Å². The van der Waals surface area contributed by atoms with Gasteiger partial charge in [-0.2, -0.15) is 5.10 Å². The molecule has 2 atom stereocenters. The van der Waals surface area contributed by atoms with Crippen LogP contribution in [0, 0.1) is 10.2 Å². The number of methoxy groups -OCH3 is 1. The average molecular weight is 460 g/mol. The number of ether oxygens (including phenoxy) is 2. The van der Waals surface area contributed by atoms with E-state index in [-0.39, 0.29) is 22.3 Å². The van der Waals surface area contributed by atoms with Gasteiger partial charge in [-0.3, -0.25) is 0 Å². The SMILES string of the molecule is COC1CCc2c1cc1c(c2NC(=O)NS(=N)(=O)c2cnn3c2OCC(C)(C)C3)CCC1. The van der Waals surface area contributed by atoms with Gasteiger partial charge in [-0.15, -0.1) is 0 Å². The first-order valence-corrected chi connectivity index (χ1v) is 12.5. The third-order valence-electron chi connectivity index (χ3n) is 6.55. The fourth-order valence-corrected chi connectivity index (χ4v) is 6.08. The van der Waals surface area contributed by atoms with Crippen molar-refractivity contribution in [3.05, 3.63) is 34.5 Å². The molecule has 0 spiro atoms. The number of urea groups is 1. The van der Waals surface area contributed by atoms with Crippen LogP contribution in [0.5, 0.6) is 5.88 Å². The first kappa shape index (κ1) is 21.3. The number of anilines is 1. The molecule has 2 unspecified atom stereocenters. The largest absolute Gasteiger partial charge is 0.476 e. The standard InChI is InChI=1S/C22H29N5O4S/c1-22(2)11-27-20(31-12-22)18(10-24-27)32(23,29)26-21(28)25-19-14-6-4-5-13(14)9-16-15(19)7-8-17(16)30-3/h9-10,17H,4-8,11-12H2,1-3H3,(H3,23,25,26,28,29). The Labute approximate surface area is 188 Å². The molecule has 2 heterocycles. The number of carbonyl (C=O) groups excluding carboxylic acids is 1. The number of benzene rings is 1. The summed E-state index contributed by atoms with van der Waals surface area (Å²) in [6, 6.07) is 1.55. The quantitative estimate of drug-likeness (QED) is 0.646. The summed E-state index contributed by atoms with van der Waals surface area (Å²) in [4.78, 5) is 13.0. The molecule has 0 saturated carbocycles. The Bertz CT molecular complexity index is 1200. The molecule has 172 valence electrons. The lowest BCUT2D eigenvalue weighted by Gasteiger charge is -2.30. The zero-order valence-corrected chi connectivity index (χ0v) is 19.4. The second-order valence-corrected chi connectivity index (χ2v) is 11.4. The summed E-state index contributed by atoms with van der Waals surface area (Å²) >= 11 is 0. The van der Waals surface area contributed by atoms with Gasteiger partial charge in [-0.25, -0.2) is 23.2 Å². The van der Waals surface area contributed by atoms with Gasteiger partial charge in [0.2, 0.25) is 5.88 Å². The maximum atomic E-state index is 13.2. The maximum absolute atomic E-state index is 13.2. The highest BCUT2D eigenvalue weighted by molar-refractivity contribution is 7.91. The van der Waals surface area contributed by atoms with E-state index in [0.717, 1.165) is 54.5 Å². The molecule has 5 rings (SSSR count). The molecule has 0 radical (unpaired) electrons. The molecule has 3 N–H and O–H groups in total. The first-order valence-electron chi connectivity index (χ1n) is 10.9. The van der Waals surface area contributed by atoms with Crippen molar-refractivity contribution in [2.45, 2.75) is 63.5 Å². The van der Waals surface area contributed by atoms with E-state index in [2.05, 4.69) is 21.2 Å². The molecular formula is C22H29N5O4S. The van der Waals surface area contributed by atoms with Gasteiger partial charge in [0.25, 0.3) is 0 Å². The zero-order valence-electron chi connectivity index (χ0n) is 18.6. The Kier molecular flexibility index (Phi) is 4.97. The number of hydrogen-bond acceptors (Lipinski definition) is 6. The van der Waals surface area contributed by atoms with E-state index in [0.29, 0.717) is 13.2 Å². The van der Waals surface area contributed by atoms with Gasteiger partial charge in [0.15, 0.2) is 9.92 Å². The van der Waals surface area contributed by atoms with E-state index in [4.69, 9.17) is 14.3 Å². The van der Waals surface area contributed by atoms with Gasteiger partial charge >= 0.3 is 6.03 Å². The van der Waals surface area contributed by atoms with Crippen molar-refractivity contribution in [1.29, 1.82) is 4.78 Å². The number of aryl methyl sites for hydroxylation is 1. The monoisotopic (exact) mass is 459 g/mol. The molecule has 3 aliphatic rings. The number of nitrogens with zero attached hydrogens (tertiary/aromatic N) is 2. The minimum Gasteiger partial charge on any atom is -0.476 e. The van der Waals surface area contributed by atoms with Gasteiger partial charge in [0, 0.05) is 18.2 Å². The first-order chi connectivity index (χ1) is 15.2. The van der Waals surface area contributed by atoms with E-state index in [1.807, 2.05) is 13.8 Å². The third kappa shape index (κ3) is 3.55. The molecule has 0 saturated heterocycles. The summed E-state index contributed by atoms with van der Waals surface area (Å²) in [5.74, 6) is 0.286. The number of fused-ring (bicyclic) bond motifs is 3. The van der Waals surface area contributed by atoms with E-state index >= 15 is 0 Å². The van der Waals surface area contributed by atoms with Crippen LogP contribution in [-0.2, 0) is 40.5 Å². The van der Waals surface area contributed by atoms with Crippen LogP contribution < -0.4 is 14.8 Å². The Morgan fingerprint density at radius 3 is 2.94 bits per heavy atom. The highest BCUT2D eigenvalue weighted by atomic mass is 32.2. The summed E-state index contributed by atoms with van der Waals surface area (Å²) in [7, 11) is -1.95. The van der Waals surface area contributed by atoms with E-state index in [9.17, 15) is 9.00 Å². The van der Waals surface area contributed by atoms with Crippen LogP contribution >= 0.6 is 0 Å². The normalized spacial score (nSPS) is 22.3. The zero-order chi connectivity index (χ0) is 22.7. The minimum absolute atomic E-state index is 0.0280. The smallest absolute Gasteiger partial charge is 0.331 e. The molecular weight excluding hydrogens is 430 g/mol. The van der Waals surface area contributed by atoms with E-state index in [1.54, 1.807) is 11.8 Å². The molecule has 9 nitrogen and oxygen atoms in total. The molecule has 2 aromatic rings. The molecule has 1 aromatic heterocycles. The van der Waals surface area contributed by atoms with Crippen molar-refractivity contribution < 1.29 is 18.5 Å². The molecule has 32 heavy (non-hydrogen) atoms. The minimum atomic E-state index is -3.65. The highest BCUT2D eigenvalue weighted by Gasteiger charge is 2.34. The van der Waals surface area contributed by atoms with Crippen molar-refractivity contribution in [3.8, 4) is 5.88 Å². The topological polar surface area (TPSA) is 118 Å². The van der Waals surface area contributed by atoms with Gasteiger partial charge in [-0.1, -0.05) is 19.9 Å². The fraction of sp³-hybridized carbons (Fsp3) is 0.545. The van der Waals surface area contributed by atoms with Crippen LogP contribution in [0.3, 0.4) is 0 Å². The predicted molar refractivity (Wildman–Crippen MR) is 119 cm³/mol. The van der Waals surface area contributed by atoms with Crippen LogP contribution in [0.15, 0.2) is 17.2 Å². The van der Waals surface area contributed by atoms with Crippen molar-refractivity contribution in [3.63, 3.8) is 0 Å². The second-order valence-electron chi connectivity index (χ2n) is 9.61. The van der Waals surface area contributed by atoms with Crippen LogP contribution in [0.2, 0.25) is 0 Å². The van der Waals surface area contributed by atoms with Gasteiger partial charge < -0.3 is 14.8 Å². The Morgan fingerprint density at radius 1 is 1.34 bits per heavy atom. The summed E-state index contributed by atoms with van der Waals surface area (Å²) in [5, 5.41) is 7.15. The summed E-state index contributed by atoms with van der Waals surface area (Å²) in [6.45, 7) is 5.11. The fourth-order valence-electron chi connectivity index (χ4n) is 5.05. The Morgan fingerprint density at radius 2 is 2.16 bits per heavy atom. The Hall–Kier alpha value is -2.59. The number of amides is 2. The lowest BCUT2D eigenvalue weighted by molar-refractivity contribution is 0.0971. The van der Waals surface area contributed by atoms with Crippen LogP contribution in [-0.4, -0.2) is 33.7 Å². The molecule has 2 aliphatic carbocycles. The van der Waals surface area contributed by atoms with Crippen molar-refractivity contribution in [2.24, 2.45) is 5.41 Å². The number of carbonyl (C=O) groups is 1. The van der Waals surface area contributed by atoms with Crippen molar-refractivity contribution >= 4 is 21.6 Å². The molecule has 1 aliphatic heterocycles. The number of nitrogens with one attached hydrogen (secondary N) is 3. The summed E-state index contributed by atoms with van der Waals surface area (Å²) in [6.07, 6.45) is 5.97. The molecule has 10 heteroatoms. The van der Waals surface area contributed by atoms with Crippen LogP contribution in [0.25, 0.3) is 0 Å². The van der Waals surface area contributed by atoms with Crippen LogP contribution in [0.1, 0.15) is 55.0 Å². The number of aromatic nitrogens is 2. The van der Waals surface area contributed by atoms with Crippen molar-refractivity contribution in [1.82, 2.24) is 14.5 Å². The lowest BCUT2D eigenvalue weighted by atomic mass is 9.94. The molecule has 2 amide bonds. The van der Waals surface area contributed by atoms with Gasteiger partial charge in [-0.05, 0) is 54.4 Å².